The lowest BCUT2D eigenvalue weighted by atomic mass is 10.1. The maximum absolute atomic E-state index is 4.87. The Morgan fingerprint density at radius 1 is 0.816 bits per heavy atom. The predicted molar refractivity (Wildman–Crippen MR) is 183 cm³/mol. The zero-order valence-electron chi connectivity index (χ0n) is 23.3. The van der Waals surface area contributed by atoms with Crippen LogP contribution in [0.4, 0.5) is 0 Å². The normalized spacial score (nSPS) is 9.71. The average Bonchev–Trinajstić information content (AvgIpc) is 3.34. The fraction of sp³-hybridized carbons (Fsp3) is 0.229. The number of fused-ring (bicyclic) bond motifs is 2. The van der Waals surface area contributed by atoms with Crippen molar-refractivity contribution in [2.45, 2.75) is 49.0 Å². The summed E-state index contributed by atoms with van der Waals surface area (Å²) in [5, 5.41) is 9.15. The van der Waals surface area contributed by atoms with Gasteiger partial charge in [-0.1, -0.05) is 137 Å². The van der Waals surface area contributed by atoms with E-state index in [9.17, 15) is 0 Å². The molecule has 0 spiro atoms. The number of nitrogens with one attached hydrogen (secondary N) is 1. The van der Waals surface area contributed by atoms with Gasteiger partial charge in [-0.2, -0.15) is 0 Å². The van der Waals surface area contributed by atoms with Crippen molar-refractivity contribution in [3.05, 3.63) is 133 Å². The van der Waals surface area contributed by atoms with Gasteiger partial charge in [0.05, 0.1) is 4.99 Å². The summed E-state index contributed by atoms with van der Waals surface area (Å²) in [7, 11) is 0. The molecule has 0 unspecified atom stereocenters. The fourth-order valence-electron chi connectivity index (χ4n) is 2.99. The molecule has 0 aliphatic heterocycles. The van der Waals surface area contributed by atoms with Gasteiger partial charge in [-0.25, -0.2) is 0 Å². The van der Waals surface area contributed by atoms with E-state index in [1.165, 1.54) is 20.9 Å². The van der Waals surface area contributed by atoms with Crippen molar-refractivity contribution in [3.8, 4) is 0 Å². The van der Waals surface area contributed by atoms with E-state index < -0.39 is 0 Å². The van der Waals surface area contributed by atoms with Crippen LogP contribution in [-0.2, 0) is 0 Å². The smallest absolute Gasteiger partial charge is 0.0763 e. The molecule has 0 aliphatic rings. The molecule has 0 saturated heterocycles. The van der Waals surface area contributed by atoms with Crippen molar-refractivity contribution in [1.82, 2.24) is 5.32 Å². The summed E-state index contributed by atoms with van der Waals surface area (Å²) in [5.41, 5.74) is 1.14. The second kappa shape index (κ2) is 24.1. The third-order valence-corrected chi connectivity index (χ3v) is 5.31. The van der Waals surface area contributed by atoms with Crippen LogP contribution in [0.3, 0.4) is 0 Å². The Kier molecular flexibility index (Phi) is 23.4. The lowest BCUT2D eigenvalue weighted by molar-refractivity contribution is 0.813. The van der Waals surface area contributed by atoms with E-state index in [2.05, 4.69) is 123 Å². The summed E-state index contributed by atoms with van der Waals surface area (Å²) in [6.07, 6.45) is 9.48. The zero-order valence-corrected chi connectivity index (χ0v) is 24.9. The maximum Gasteiger partial charge on any atom is 0.0763 e. The Balaban J connectivity index is 0. The SMILES string of the molecule is C.C=C/C=C\C.C=CC.CC(=S)N/C(C)=C\C(C)C.c1ccc2ccccc2c1.c1ccc2sccc2c1. The Hall–Kier alpha value is -3.27. The van der Waals surface area contributed by atoms with Crippen LogP contribution in [0.25, 0.3) is 20.9 Å². The molecule has 1 N–H and O–H groups in total. The lowest BCUT2D eigenvalue weighted by Crippen LogP contribution is -2.15. The molecule has 38 heavy (non-hydrogen) atoms. The summed E-state index contributed by atoms with van der Waals surface area (Å²) in [5.74, 6) is 0.585. The number of thiophene rings is 1. The topological polar surface area (TPSA) is 12.0 Å². The van der Waals surface area contributed by atoms with Crippen molar-refractivity contribution in [2.75, 3.05) is 0 Å². The van der Waals surface area contributed by atoms with Crippen molar-refractivity contribution < 1.29 is 0 Å². The van der Waals surface area contributed by atoms with E-state index in [0.717, 1.165) is 10.7 Å². The van der Waals surface area contributed by atoms with Gasteiger partial charge < -0.3 is 5.32 Å². The zero-order chi connectivity index (χ0) is 27.9. The molecular formula is C35H47NS2. The first kappa shape index (κ1) is 36.9. The molecule has 1 nitrogen and oxygen atoms in total. The molecule has 1 heterocycles. The van der Waals surface area contributed by atoms with E-state index >= 15 is 0 Å². The number of benzene rings is 3. The highest BCUT2D eigenvalue weighted by Crippen LogP contribution is 2.18. The molecule has 204 valence electrons. The Bertz CT molecular complexity index is 1130. The number of allylic oxidation sites excluding steroid dienone is 6. The van der Waals surface area contributed by atoms with E-state index in [4.69, 9.17) is 12.2 Å². The summed E-state index contributed by atoms with van der Waals surface area (Å²) in [4.78, 5) is 0.828. The van der Waals surface area contributed by atoms with Crippen molar-refractivity contribution in [2.24, 2.45) is 5.92 Å². The molecule has 1 aromatic heterocycles. The highest BCUT2D eigenvalue weighted by molar-refractivity contribution is 7.80. The molecule has 3 aromatic carbocycles. The van der Waals surface area contributed by atoms with Crippen LogP contribution in [0, 0.1) is 5.92 Å². The first-order valence-electron chi connectivity index (χ1n) is 12.4. The number of thiocarbonyl (C=S) groups is 1. The Morgan fingerprint density at radius 3 is 1.61 bits per heavy atom. The molecule has 0 fully saturated rings. The lowest BCUT2D eigenvalue weighted by Gasteiger charge is -2.04. The van der Waals surface area contributed by atoms with Crippen LogP contribution in [-0.4, -0.2) is 4.99 Å². The number of hydrogen-bond acceptors (Lipinski definition) is 2. The monoisotopic (exact) mass is 545 g/mol. The first-order chi connectivity index (χ1) is 17.8. The number of rotatable bonds is 3. The van der Waals surface area contributed by atoms with E-state index in [0.29, 0.717) is 5.92 Å². The van der Waals surface area contributed by atoms with Gasteiger partial charge in [0.25, 0.3) is 0 Å². The second-order valence-corrected chi connectivity index (χ2v) is 9.81. The predicted octanol–water partition coefficient (Wildman–Crippen LogP) is 11.8. The largest absolute Gasteiger partial charge is 0.354 e. The van der Waals surface area contributed by atoms with Crippen molar-refractivity contribution in [3.63, 3.8) is 0 Å². The molecule has 0 bridgehead atoms. The molecule has 0 radical (unpaired) electrons. The van der Waals surface area contributed by atoms with E-state index in [1.807, 2.05) is 39.8 Å². The Morgan fingerprint density at radius 2 is 1.26 bits per heavy atom. The molecule has 0 saturated carbocycles. The molecule has 0 atom stereocenters. The minimum atomic E-state index is 0. The van der Waals surface area contributed by atoms with Crippen LogP contribution >= 0.6 is 23.6 Å². The van der Waals surface area contributed by atoms with Gasteiger partial charge in [0.1, 0.15) is 0 Å². The third kappa shape index (κ3) is 18.9. The van der Waals surface area contributed by atoms with Gasteiger partial charge in [0.2, 0.25) is 0 Å². The van der Waals surface area contributed by atoms with Gasteiger partial charge in [-0.05, 0) is 67.3 Å². The molecule has 0 amide bonds. The molecule has 3 heteroatoms. The molecule has 4 rings (SSSR count). The van der Waals surface area contributed by atoms with Crippen molar-refractivity contribution >= 4 is 49.4 Å². The first-order valence-corrected chi connectivity index (χ1v) is 13.7. The minimum Gasteiger partial charge on any atom is -0.354 e. The van der Waals surface area contributed by atoms with Crippen LogP contribution < -0.4 is 5.32 Å². The van der Waals surface area contributed by atoms with Crippen LogP contribution in [0.2, 0.25) is 0 Å². The summed E-state index contributed by atoms with van der Waals surface area (Å²) in [6.45, 7) is 18.9. The third-order valence-electron chi connectivity index (χ3n) is 4.31. The summed E-state index contributed by atoms with van der Waals surface area (Å²) >= 11 is 6.66. The summed E-state index contributed by atoms with van der Waals surface area (Å²) in [6, 6.07) is 27.3. The van der Waals surface area contributed by atoms with Crippen LogP contribution in [0.1, 0.15) is 49.0 Å². The standard InChI is InChI=1S/C10H8.C8H15NS.C8H6S.C5H8.C3H6.CH4/c1-2-6-10-8-4-3-7-9(10)5-1;1-6(2)5-7(3)9-8(4)10;1-2-4-8-7(3-1)5-6-9-8;1-3-5-4-2;1-3-2;/h1-8H;5-6H,1-4H3,(H,9,10);1-6H;3-5H,1H2,2H3;3H,1H2,2H3;1H4/b;7-5-;;5-4-;;. The Labute approximate surface area is 242 Å². The fourth-order valence-corrected chi connectivity index (χ4v) is 3.95. The number of hydrogen-bond donors (Lipinski definition) is 1. The van der Waals surface area contributed by atoms with Gasteiger partial charge in [0, 0.05) is 10.4 Å². The van der Waals surface area contributed by atoms with Crippen LogP contribution in [0.5, 0.6) is 0 Å². The molecule has 0 aliphatic carbocycles. The van der Waals surface area contributed by atoms with E-state index in [-0.39, 0.29) is 7.43 Å². The summed E-state index contributed by atoms with van der Waals surface area (Å²) < 4.78 is 1.37. The minimum absolute atomic E-state index is 0. The van der Waals surface area contributed by atoms with Gasteiger partial charge in [-0.3, -0.25) is 0 Å². The highest BCUT2D eigenvalue weighted by atomic mass is 32.1. The van der Waals surface area contributed by atoms with Crippen molar-refractivity contribution in [1.29, 1.82) is 0 Å². The van der Waals surface area contributed by atoms with Gasteiger partial charge >= 0.3 is 0 Å². The second-order valence-electron chi connectivity index (χ2n) is 8.25. The maximum atomic E-state index is 4.87. The van der Waals surface area contributed by atoms with E-state index in [1.54, 1.807) is 23.5 Å². The highest BCUT2D eigenvalue weighted by Gasteiger charge is 1.91. The average molecular weight is 546 g/mol. The van der Waals surface area contributed by atoms with Gasteiger partial charge in [-0.15, -0.1) is 17.9 Å². The van der Waals surface area contributed by atoms with Crippen LogP contribution in [0.15, 0.2) is 133 Å². The molecule has 4 aromatic rings. The molecular weight excluding hydrogens is 499 g/mol. The quantitative estimate of drug-likeness (QED) is 0.156. The van der Waals surface area contributed by atoms with Gasteiger partial charge in [0.15, 0.2) is 0 Å².